The van der Waals surface area contributed by atoms with Gasteiger partial charge in [-0.05, 0) is 41.3 Å². The molecule has 0 aliphatic rings. The first-order chi connectivity index (χ1) is 12.7. The largest absolute Gasteiger partial charge is 0.507 e. The molecule has 0 saturated heterocycles. The first-order valence-corrected chi connectivity index (χ1v) is 10.6. The van der Waals surface area contributed by atoms with Gasteiger partial charge in [-0.3, -0.25) is 9.52 Å². The van der Waals surface area contributed by atoms with E-state index in [2.05, 4.69) is 9.71 Å². The van der Waals surface area contributed by atoms with E-state index in [-0.39, 0.29) is 22.7 Å². The maximum atomic E-state index is 12.2. The number of fused-ring (bicyclic) bond motifs is 3. The van der Waals surface area contributed by atoms with Crippen molar-refractivity contribution in [3.05, 3.63) is 52.1 Å². The van der Waals surface area contributed by atoms with E-state index in [1.54, 1.807) is 23.6 Å². The zero-order valence-corrected chi connectivity index (χ0v) is 15.6. The van der Waals surface area contributed by atoms with Gasteiger partial charge in [0, 0.05) is 21.9 Å². The lowest BCUT2D eigenvalue weighted by Gasteiger charge is -2.13. The van der Waals surface area contributed by atoms with Crippen LogP contribution in [-0.4, -0.2) is 29.9 Å². The normalized spacial score (nSPS) is 11.9. The number of sulfonamides is 1. The first-order valence-electron chi connectivity index (χ1n) is 7.81. The summed E-state index contributed by atoms with van der Waals surface area (Å²) in [6.45, 7) is 0. The number of thiophene rings is 1. The Labute approximate surface area is 157 Å². The smallest absolute Gasteiger partial charge is 0.266 e. The molecule has 7 nitrogen and oxygen atoms in total. The highest BCUT2D eigenvalue weighted by Crippen LogP contribution is 2.41. The van der Waals surface area contributed by atoms with Crippen LogP contribution < -0.4 is 10.3 Å². The fourth-order valence-electron chi connectivity index (χ4n) is 3.10. The Morgan fingerprint density at radius 2 is 1.85 bits per heavy atom. The van der Waals surface area contributed by atoms with E-state index in [1.165, 1.54) is 29.5 Å². The number of hydrogen-bond donors (Lipinski definition) is 4. The number of aromatic amines is 1. The van der Waals surface area contributed by atoms with E-state index in [0.29, 0.717) is 32.1 Å². The summed E-state index contributed by atoms with van der Waals surface area (Å²) >= 11 is 1.30. The van der Waals surface area contributed by atoms with Crippen molar-refractivity contribution in [1.29, 1.82) is 0 Å². The second kappa shape index (κ2) is 6.00. The molecule has 4 N–H and O–H groups in total. The van der Waals surface area contributed by atoms with Gasteiger partial charge in [-0.15, -0.1) is 11.3 Å². The van der Waals surface area contributed by atoms with E-state index < -0.39 is 10.0 Å². The molecule has 0 unspecified atom stereocenters. The van der Waals surface area contributed by atoms with E-state index in [4.69, 9.17) is 0 Å². The summed E-state index contributed by atoms with van der Waals surface area (Å²) in [4.78, 5) is 15.0. The lowest BCUT2D eigenvalue weighted by molar-refractivity contribution is 0.476. The number of nitrogens with one attached hydrogen (secondary N) is 2. The molecule has 0 bridgehead atoms. The van der Waals surface area contributed by atoms with Crippen molar-refractivity contribution >= 4 is 48.0 Å². The van der Waals surface area contributed by atoms with Crippen molar-refractivity contribution in [3.63, 3.8) is 0 Å². The number of phenolic OH excluding ortho intramolecular Hbond substituents is 2. The molecule has 9 heteroatoms. The quantitative estimate of drug-likeness (QED) is 0.392. The number of benzene rings is 2. The average molecular weight is 402 g/mol. The summed E-state index contributed by atoms with van der Waals surface area (Å²) in [5, 5.41) is 23.9. The average Bonchev–Trinajstić information content (AvgIpc) is 3.07. The van der Waals surface area contributed by atoms with Gasteiger partial charge in [0.05, 0.1) is 11.9 Å². The Bertz CT molecular complexity index is 1370. The minimum atomic E-state index is -3.54. The number of aromatic nitrogens is 1. The Balaban J connectivity index is 2.02. The Kier molecular flexibility index (Phi) is 3.86. The zero-order valence-electron chi connectivity index (χ0n) is 14.0. The van der Waals surface area contributed by atoms with Gasteiger partial charge in [0.2, 0.25) is 10.0 Å². The maximum absolute atomic E-state index is 12.2. The van der Waals surface area contributed by atoms with Crippen molar-refractivity contribution in [1.82, 2.24) is 4.98 Å². The van der Waals surface area contributed by atoms with Crippen molar-refractivity contribution in [2.45, 2.75) is 0 Å². The van der Waals surface area contributed by atoms with Crippen LogP contribution in [0.15, 0.2) is 46.6 Å². The van der Waals surface area contributed by atoms with Gasteiger partial charge < -0.3 is 15.2 Å². The van der Waals surface area contributed by atoms with Crippen LogP contribution in [0.4, 0.5) is 5.69 Å². The minimum absolute atomic E-state index is 0.0229. The lowest BCUT2D eigenvalue weighted by atomic mass is 9.97. The molecule has 138 valence electrons. The molecule has 0 aliphatic carbocycles. The van der Waals surface area contributed by atoms with Crippen molar-refractivity contribution in [2.75, 3.05) is 11.0 Å². The standard InChI is InChI=1S/C18H14N2O5S2/c1-27(24,25)20-11-3-2-9(8-14(11)22)15-13(21)5-4-12-16(15)10-6-7-26-17(10)18(23)19-12/h2-8,20-22H,1H3,(H,19,23). The number of aromatic hydroxyl groups is 2. The summed E-state index contributed by atoms with van der Waals surface area (Å²) in [5.41, 5.74) is 1.30. The van der Waals surface area contributed by atoms with Crippen LogP contribution >= 0.6 is 11.3 Å². The third-order valence-electron chi connectivity index (χ3n) is 4.15. The van der Waals surface area contributed by atoms with Gasteiger partial charge in [-0.25, -0.2) is 8.42 Å². The monoisotopic (exact) mass is 402 g/mol. The molecule has 2 aromatic heterocycles. The van der Waals surface area contributed by atoms with Crippen LogP contribution in [0.25, 0.3) is 32.1 Å². The van der Waals surface area contributed by atoms with E-state index in [0.717, 1.165) is 6.26 Å². The van der Waals surface area contributed by atoms with Gasteiger partial charge in [-0.2, -0.15) is 0 Å². The molecule has 0 aliphatic heterocycles. The molecular formula is C18H14N2O5S2. The molecule has 0 fully saturated rings. The SMILES string of the molecule is CS(=O)(=O)Nc1ccc(-c2c(O)ccc3[nH]c(=O)c4sccc4c23)cc1O. The van der Waals surface area contributed by atoms with Crippen LogP contribution in [0.3, 0.4) is 0 Å². The van der Waals surface area contributed by atoms with Gasteiger partial charge in [0.15, 0.2) is 0 Å². The number of hydrogen-bond acceptors (Lipinski definition) is 6. The van der Waals surface area contributed by atoms with Crippen LogP contribution in [0, 0.1) is 0 Å². The molecule has 0 amide bonds. The molecule has 0 atom stereocenters. The molecule has 2 aromatic carbocycles. The summed E-state index contributed by atoms with van der Waals surface area (Å²) in [7, 11) is -3.54. The number of rotatable bonds is 3. The van der Waals surface area contributed by atoms with E-state index >= 15 is 0 Å². The first kappa shape index (κ1) is 17.4. The fraction of sp³-hybridized carbons (Fsp3) is 0.0556. The predicted molar refractivity (Wildman–Crippen MR) is 107 cm³/mol. The maximum Gasteiger partial charge on any atom is 0.266 e. The molecule has 0 radical (unpaired) electrons. The molecule has 4 rings (SSSR count). The third kappa shape index (κ3) is 3.00. The summed E-state index contributed by atoms with van der Waals surface area (Å²) < 4.78 is 25.5. The number of phenols is 2. The number of H-pyrrole nitrogens is 1. The van der Waals surface area contributed by atoms with Crippen LogP contribution in [-0.2, 0) is 10.0 Å². The van der Waals surface area contributed by atoms with Crippen LogP contribution in [0.1, 0.15) is 0 Å². The van der Waals surface area contributed by atoms with Crippen LogP contribution in [0.5, 0.6) is 11.5 Å². The third-order valence-corrected chi connectivity index (χ3v) is 5.66. The summed E-state index contributed by atoms with van der Waals surface area (Å²) in [6, 6.07) is 9.26. The molecule has 4 aromatic rings. The Hall–Kier alpha value is -3.04. The second-order valence-electron chi connectivity index (χ2n) is 6.11. The number of anilines is 1. The van der Waals surface area contributed by atoms with Crippen molar-refractivity contribution < 1.29 is 18.6 Å². The minimum Gasteiger partial charge on any atom is -0.507 e. The van der Waals surface area contributed by atoms with E-state index in [1.807, 2.05) is 0 Å². The molecule has 27 heavy (non-hydrogen) atoms. The molecular weight excluding hydrogens is 388 g/mol. The molecule has 0 saturated carbocycles. The van der Waals surface area contributed by atoms with Crippen LogP contribution in [0.2, 0.25) is 0 Å². The topological polar surface area (TPSA) is 119 Å². The molecule has 2 heterocycles. The fourth-order valence-corrected chi connectivity index (χ4v) is 4.47. The highest BCUT2D eigenvalue weighted by Gasteiger charge is 2.17. The van der Waals surface area contributed by atoms with Gasteiger partial charge in [-0.1, -0.05) is 6.07 Å². The van der Waals surface area contributed by atoms with E-state index in [9.17, 15) is 23.4 Å². The Morgan fingerprint density at radius 3 is 2.56 bits per heavy atom. The zero-order chi connectivity index (χ0) is 19.3. The second-order valence-corrected chi connectivity index (χ2v) is 8.77. The summed E-state index contributed by atoms with van der Waals surface area (Å²) in [6.07, 6.45) is 0.987. The van der Waals surface area contributed by atoms with Gasteiger partial charge >= 0.3 is 0 Å². The van der Waals surface area contributed by atoms with Gasteiger partial charge in [0.1, 0.15) is 16.2 Å². The Morgan fingerprint density at radius 1 is 1.07 bits per heavy atom. The van der Waals surface area contributed by atoms with Crippen molar-refractivity contribution in [3.8, 4) is 22.6 Å². The summed E-state index contributed by atoms with van der Waals surface area (Å²) in [5.74, 6) is -0.300. The lowest BCUT2D eigenvalue weighted by Crippen LogP contribution is -2.09. The molecule has 0 spiro atoms. The highest BCUT2D eigenvalue weighted by molar-refractivity contribution is 7.92. The van der Waals surface area contributed by atoms with Gasteiger partial charge in [0.25, 0.3) is 5.56 Å². The van der Waals surface area contributed by atoms with Crippen molar-refractivity contribution in [2.24, 2.45) is 0 Å². The number of pyridine rings is 1. The predicted octanol–water partition coefficient (Wildman–Crippen LogP) is 3.19. The highest BCUT2D eigenvalue weighted by atomic mass is 32.2.